The summed E-state index contributed by atoms with van der Waals surface area (Å²) < 4.78 is 5.05. The lowest BCUT2D eigenvalue weighted by atomic mass is 9.97. The van der Waals surface area contributed by atoms with Crippen LogP contribution in [0, 0.1) is 6.92 Å². The van der Waals surface area contributed by atoms with E-state index in [0.717, 1.165) is 25.1 Å². The summed E-state index contributed by atoms with van der Waals surface area (Å²) in [5.41, 5.74) is 1.46. The highest BCUT2D eigenvalue weighted by Crippen LogP contribution is 2.26. The Morgan fingerprint density at radius 2 is 2.32 bits per heavy atom. The highest BCUT2D eigenvalue weighted by Gasteiger charge is 2.29. The van der Waals surface area contributed by atoms with Crippen LogP contribution in [0.25, 0.3) is 0 Å². The molecule has 7 nitrogen and oxygen atoms in total. The van der Waals surface area contributed by atoms with Gasteiger partial charge < -0.3 is 9.42 Å². The minimum Gasteiger partial charge on any atom is -0.340 e. The number of aryl methyl sites for hydroxylation is 1. The molecule has 7 heteroatoms. The molecule has 0 saturated carbocycles. The van der Waals surface area contributed by atoms with Crippen LogP contribution in [0.5, 0.6) is 0 Å². The normalized spacial score (nSPS) is 18.9. The molecule has 0 spiro atoms. The quantitative estimate of drug-likeness (QED) is 0.939. The van der Waals surface area contributed by atoms with Crippen LogP contribution >= 0.6 is 0 Å². The molecule has 118 valence electrons. The summed E-state index contributed by atoms with van der Waals surface area (Å²) in [7, 11) is 0. The van der Waals surface area contributed by atoms with Gasteiger partial charge in [-0.25, -0.2) is 0 Å². The number of rotatable bonds is 3. The average molecular weight is 303 g/mol. The highest BCUT2D eigenvalue weighted by molar-refractivity contribution is 5.92. The topological polar surface area (TPSA) is 87.9 Å². The molecular weight excluding hydrogens is 282 g/mol. The Bertz CT molecular complexity index is 660. The van der Waals surface area contributed by atoms with E-state index in [1.165, 1.54) is 0 Å². The van der Waals surface area contributed by atoms with Crippen molar-refractivity contribution < 1.29 is 9.32 Å². The molecule has 1 saturated heterocycles. The summed E-state index contributed by atoms with van der Waals surface area (Å²) in [6, 6.07) is 1.84. The van der Waals surface area contributed by atoms with Gasteiger partial charge in [-0.3, -0.25) is 9.89 Å². The third-order valence-electron chi connectivity index (χ3n) is 4.06. The van der Waals surface area contributed by atoms with Crippen LogP contribution in [0.15, 0.2) is 10.6 Å². The molecule has 1 fully saturated rings. The van der Waals surface area contributed by atoms with E-state index in [-0.39, 0.29) is 11.8 Å². The number of nitrogens with zero attached hydrogens (tertiary/aromatic N) is 4. The number of carbonyl (C=O) groups is 1. The minimum atomic E-state index is -0.0342. The molecule has 3 heterocycles. The Morgan fingerprint density at radius 1 is 1.50 bits per heavy atom. The Kier molecular flexibility index (Phi) is 3.96. The Labute approximate surface area is 129 Å². The van der Waals surface area contributed by atoms with Gasteiger partial charge in [-0.2, -0.15) is 10.1 Å². The van der Waals surface area contributed by atoms with Crippen LogP contribution in [0.4, 0.5) is 0 Å². The molecule has 0 radical (unpaired) electrons. The number of amides is 1. The fourth-order valence-corrected chi connectivity index (χ4v) is 2.76. The van der Waals surface area contributed by atoms with Gasteiger partial charge in [0.2, 0.25) is 5.89 Å². The molecule has 2 aromatic rings. The van der Waals surface area contributed by atoms with Gasteiger partial charge in [-0.1, -0.05) is 19.0 Å². The van der Waals surface area contributed by atoms with Crippen LogP contribution < -0.4 is 0 Å². The van der Waals surface area contributed by atoms with Crippen LogP contribution in [-0.2, 0) is 0 Å². The predicted molar refractivity (Wildman–Crippen MR) is 79.6 cm³/mol. The van der Waals surface area contributed by atoms with Crippen molar-refractivity contribution in [2.24, 2.45) is 0 Å². The molecule has 0 unspecified atom stereocenters. The van der Waals surface area contributed by atoms with Crippen molar-refractivity contribution in [3.8, 4) is 0 Å². The largest absolute Gasteiger partial charge is 0.340 e. The SMILES string of the molecule is Cc1nc([C@@H]2CCCN(C(=O)c3cc(C(C)C)[nH]n3)C2)no1. The maximum absolute atomic E-state index is 12.6. The molecule has 1 amide bonds. The zero-order valence-corrected chi connectivity index (χ0v) is 13.2. The first-order valence-electron chi connectivity index (χ1n) is 7.69. The standard InChI is InChI=1S/C15H21N5O2/c1-9(2)12-7-13(18-17-12)15(21)20-6-4-5-11(8-20)14-16-10(3)22-19-14/h7,9,11H,4-6,8H2,1-3H3,(H,17,18)/t11-/m1/s1. The molecule has 0 aliphatic carbocycles. The van der Waals surface area contributed by atoms with Crippen molar-refractivity contribution in [3.05, 3.63) is 29.2 Å². The second kappa shape index (κ2) is 5.90. The zero-order valence-electron chi connectivity index (χ0n) is 13.2. The van der Waals surface area contributed by atoms with Crippen LogP contribution in [0.1, 0.15) is 66.4 Å². The first-order chi connectivity index (χ1) is 10.5. The van der Waals surface area contributed by atoms with Crippen molar-refractivity contribution in [3.63, 3.8) is 0 Å². The number of likely N-dealkylation sites (tertiary alicyclic amines) is 1. The van der Waals surface area contributed by atoms with Gasteiger partial charge in [0.05, 0.1) is 0 Å². The van der Waals surface area contributed by atoms with Crippen molar-refractivity contribution in [2.45, 2.75) is 45.4 Å². The highest BCUT2D eigenvalue weighted by atomic mass is 16.5. The van der Waals surface area contributed by atoms with E-state index < -0.39 is 0 Å². The molecule has 0 aromatic carbocycles. The summed E-state index contributed by atoms with van der Waals surface area (Å²) in [6.45, 7) is 7.27. The number of hydrogen-bond donors (Lipinski definition) is 1. The molecule has 0 bridgehead atoms. The second-order valence-electron chi connectivity index (χ2n) is 6.13. The van der Waals surface area contributed by atoms with Crippen molar-refractivity contribution >= 4 is 5.91 Å². The monoisotopic (exact) mass is 303 g/mol. The van der Waals surface area contributed by atoms with Crippen LogP contribution in [0.3, 0.4) is 0 Å². The average Bonchev–Trinajstić information content (AvgIpc) is 3.15. The van der Waals surface area contributed by atoms with Gasteiger partial charge >= 0.3 is 0 Å². The molecule has 3 rings (SSSR count). The van der Waals surface area contributed by atoms with Gasteiger partial charge in [0.15, 0.2) is 5.82 Å². The number of carbonyl (C=O) groups excluding carboxylic acids is 1. The maximum Gasteiger partial charge on any atom is 0.274 e. The summed E-state index contributed by atoms with van der Waals surface area (Å²) in [4.78, 5) is 18.7. The Hall–Kier alpha value is -2.18. The molecule has 2 aromatic heterocycles. The number of nitrogens with one attached hydrogen (secondary N) is 1. The van der Waals surface area contributed by atoms with Gasteiger partial charge in [-0.15, -0.1) is 0 Å². The van der Waals surface area contributed by atoms with Gasteiger partial charge in [0, 0.05) is 31.6 Å². The first kappa shape index (κ1) is 14.7. The van der Waals surface area contributed by atoms with E-state index in [4.69, 9.17) is 4.52 Å². The fraction of sp³-hybridized carbons (Fsp3) is 0.600. The Balaban J connectivity index is 1.72. The molecule has 22 heavy (non-hydrogen) atoms. The van der Waals surface area contributed by atoms with Crippen molar-refractivity contribution in [2.75, 3.05) is 13.1 Å². The van der Waals surface area contributed by atoms with Gasteiger partial charge in [0.25, 0.3) is 5.91 Å². The van der Waals surface area contributed by atoms with Gasteiger partial charge in [-0.05, 0) is 24.8 Å². The third-order valence-corrected chi connectivity index (χ3v) is 4.06. The third kappa shape index (κ3) is 2.88. The minimum absolute atomic E-state index is 0.0342. The van der Waals surface area contributed by atoms with Crippen molar-refractivity contribution in [1.82, 2.24) is 25.2 Å². The number of piperidine rings is 1. The molecule has 1 atom stereocenters. The molecule has 1 N–H and O–H groups in total. The first-order valence-corrected chi connectivity index (χ1v) is 7.69. The summed E-state index contributed by atoms with van der Waals surface area (Å²) >= 11 is 0. The number of H-pyrrole nitrogens is 1. The lowest BCUT2D eigenvalue weighted by Crippen LogP contribution is -2.39. The van der Waals surface area contributed by atoms with E-state index in [1.807, 2.05) is 11.0 Å². The fourth-order valence-electron chi connectivity index (χ4n) is 2.76. The van der Waals surface area contributed by atoms with E-state index >= 15 is 0 Å². The molecule has 1 aliphatic rings. The van der Waals surface area contributed by atoms with E-state index in [9.17, 15) is 4.79 Å². The molecule has 1 aliphatic heterocycles. The predicted octanol–water partition coefficient (Wildman–Crippen LogP) is 2.24. The number of hydrogen-bond acceptors (Lipinski definition) is 5. The van der Waals surface area contributed by atoms with Crippen LogP contribution in [0.2, 0.25) is 0 Å². The maximum atomic E-state index is 12.6. The second-order valence-corrected chi connectivity index (χ2v) is 6.13. The molecular formula is C15H21N5O2. The summed E-state index contributed by atoms with van der Waals surface area (Å²) in [6.07, 6.45) is 1.91. The number of aromatic nitrogens is 4. The van der Waals surface area contributed by atoms with E-state index in [0.29, 0.717) is 29.9 Å². The summed E-state index contributed by atoms with van der Waals surface area (Å²) in [5, 5.41) is 11.1. The zero-order chi connectivity index (χ0) is 15.7. The van der Waals surface area contributed by atoms with Gasteiger partial charge in [0.1, 0.15) is 5.69 Å². The number of aromatic amines is 1. The summed E-state index contributed by atoms with van der Waals surface area (Å²) in [5.74, 6) is 1.68. The smallest absolute Gasteiger partial charge is 0.274 e. The van der Waals surface area contributed by atoms with E-state index in [1.54, 1.807) is 6.92 Å². The lowest BCUT2D eigenvalue weighted by molar-refractivity contribution is 0.0697. The lowest BCUT2D eigenvalue weighted by Gasteiger charge is -2.30. The van der Waals surface area contributed by atoms with E-state index in [2.05, 4.69) is 34.2 Å². The Morgan fingerprint density at radius 3 is 2.95 bits per heavy atom. The van der Waals surface area contributed by atoms with Crippen LogP contribution in [-0.4, -0.2) is 44.2 Å². The van der Waals surface area contributed by atoms with Crippen molar-refractivity contribution in [1.29, 1.82) is 0 Å².